The van der Waals surface area contributed by atoms with Gasteiger partial charge in [0.1, 0.15) is 6.04 Å². The molecule has 0 spiro atoms. The Morgan fingerprint density at radius 1 is 1.03 bits per heavy atom. The summed E-state index contributed by atoms with van der Waals surface area (Å²) in [6.07, 6.45) is 0.871. The van der Waals surface area contributed by atoms with E-state index < -0.39 is 0 Å². The van der Waals surface area contributed by atoms with E-state index in [2.05, 4.69) is 87.5 Å². The number of pyridine rings is 1. The summed E-state index contributed by atoms with van der Waals surface area (Å²) >= 11 is 0. The maximum Gasteiger partial charge on any atom is 0.253 e. The van der Waals surface area contributed by atoms with Gasteiger partial charge in [-0.15, -0.1) is 5.10 Å². The molecule has 8 nitrogen and oxygen atoms in total. The monoisotopic (exact) mass is 485 g/mol. The van der Waals surface area contributed by atoms with Crippen molar-refractivity contribution in [3.05, 3.63) is 87.5 Å². The van der Waals surface area contributed by atoms with E-state index in [9.17, 15) is 4.79 Å². The molecule has 0 radical (unpaired) electrons. The lowest BCUT2D eigenvalue weighted by Crippen LogP contribution is -2.49. The summed E-state index contributed by atoms with van der Waals surface area (Å²) in [7, 11) is 0. The lowest BCUT2D eigenvalue weighted by molar-refractivity contribution is 0.0968. The normalized spacial score (nSPS) is 16.4. The first-order valence-corrected chi connectivity index (χ1v) is 12.8. The van der Waals surface area contributed by atoms with Gasteiger partial charge in [-0.3, -0.25) is 14.6 Å². The molecule has 0 saturated carbocycles. The largest absolute Gasteiger partial charge is 0.321 e. The van der Waals surface area contributed by atoms with Crippen LogP contribution in [0.1, 0.15) is 55.7 Å². The molecule has 1 saturated heterocycles. The van der Waals surface area contributed by atoms with Crippen molar-refractivity contribution in [1.82, 2.24) is 35.0 Å². The minimum atomic E-state index is -0.335. The predicted octanol–water partition coefficient (Wildman–Crippen LogP) is 3.88. The van der Waals surface area contributed by atoms with Crippen molar-refractivity contribution in [3.8, 4) is 0 Å². The maximum atomic E-state index is 13.5. The number of hydrogen-bond donors (Lipinski definition) is 1. The van der Waals surface area contributed by atoms with Crippen LogP contribution in [0.2, 0.25) is 0 Å². The number of nitrogens with one attached hydrogen (secondary N) is 1. The number of aryl methyl sites for hydroxylation is 1. The van der Waals surface area contributed by atoms with E-state index in [1.807, 2.05) is 29.8 Å². The number of hydrogen-bond acceptors (Lipinski definition) is 6. The highest BCUT2D eigenvalue weighted by molar-refractivity contribution is 5.82. The molecule has 3 heterocycles. The van der Waals surface area contributed by atoms with Gasteiger partial charge < -0.3 is 4.98 Å². The summed E-state index contributed by atoms with van der Waals surface area (Å²) in [4.78, 5) is 21.5. The van der Waals surface area contributed by atoms with E-state index in [1.165, 1.54) is 5.56 Å². The van der Waals surface area contributed by atoms with Gasteiger partial charge in [-0.05, 0) is 60.2 Å². The van der Waals surface area contributed by atoms with Crippen LogP contribution in [0.5, 0.6) is 0 Å². The van der Waals surface area contributed by atoms with E-state index in [-0.39, 0.29) is 17.1 Å². The number of para-hydroxylation sites is 1. The molecule has 188 valence electrons. The number of nitrogens with zero attached hydrogens (tertiary/aromatic N) is 6. The van der Waals surface area contributed by atoms with Crippen LogP contribution in [-0.2, 0) is 12.1 Å². The van der Waals surface area contributed by atoms with Crippen LogP contribution < -0.4 is 5.56 Å². The molecule has 1 atom stereocenters. The first kappa shape index (κ1) is 24.3. The summed E-state index contributed by atoms with van der Waals surface area (Å²) in [5.41, 5.74) is 3.58. The van der Waals surface area contributed by atoms with Crippen molar-refractivity contribution in [2.75, 3.05) is 26.2 Å². The van der Waals surface area contributed by atoms with Crippen molar-refractivity contribution >= 4 is 10.9 Å². The zero-order valence-electron chi connectivity index (χ0n) is 21.6. The molecule has 4 aromatic rings. The molecule has 0 bridgehead atoms. The Hall–Kier alpha value is -3.36. The van der Waals surface area contributed by atoms with Crippen molar-refractivity contribution in [1.29, 1.82) is 0 Å². The quantitative estimate of drug-likeness (QED) is 0.428. The lowest BCUT2D eigenvalue weighted by Gasteiger charge is -2.39. The third-order valence-corrected chi connectivity index (χ3v) is 7.61. The Labute approximate surface area is 211 Å². The highest BCUT2D eigenvalue weighted by Gasteiger charge is 2.35. The van der Waals surface area contributed by atoms with Crippen LogP contribution in [0.15, 0.2) is 59.4 Å². The molecule has 8 heteroatoms. The number of rotatable bonds is 7. The number of piperazine rings is 1. The topological polar surface area (TPSA) is 82.9 Å². The van der Waals surface area contributed by atoms with Gasteiger partial charge >= 0.3 is 0 Å². The predicted molar refractivity (Wildman–Crippen MR) is 142 cm³/mol. The van der Waals surface area contributed by atoms with Crippen LogP contribution in [0.4, 0.5) is 0 Å². The first-order chi connectivity index (χ1) is 17.4. The van der Waals surface area contributed by atoms with Gasteiger partial charge in [-0.1, -0.05) is 55.5 Å². The van der Waals surface area contributed by atoms with Crippen LogP contribution >= 0.6 is 0 Å². The van der Waals surface area contributed by atoms with E-state index in [0.717, 1.165) is 61.4 Å². The molecular formula is C28H35N7O. The fourth-order valence-electron chi connectivity index (χ4n) is 5.07. The average molecular weight is 486 g/mol. The Bertz CT molecular complexity index is 1380. The van der Waals surface area contributed by atoms with Crippen molar-refractivity contribution in [2.45, 2.75) is 52.2 Å². The Morgan fingerprint density at radius 2 is 1.78 bits per heavy atom. The fourth-order valence-corrected chi connectivity index (χ4v) is 5.07. The Morgan fingerprint density at radius 3 is 2.50 bits per heavy atom. The third-order valence-electron chi connectivity index (χ3n) is 7.61. The van der Waals surface area contributed by atoms with Crippen molar-refractivity contribution in [2.24, 2.45) is 0 Å². The number of H-pyrrole nitrogens is 1. The van der Waals surface area contributed by atoms with Crippen LogP contribution in [-0.4, -0.2) is 61.2 Å². The highest BCUT2D eigenvalue weighted by Crippen LogP contribution is 2.31. The molecule has 0 amide bonds. The zero-order chi connectivity index (χ0) is 25.3. The van der Waals surface area contributed by atoms with E-state index in [1.54, 1.807) is 0 Å². The average Bonchev–Trinajstić information content (AvgIpc) is 3.37. The molecule has 2 aromatic carbocycles. The Balaban J connectivity index is 1.52. The second-order valence-corrected chi connectivity index (χ2v) is 10.4. The maximum absolute atomic E-state index is 13.5. The number of benzene rings is 2. The van der Waals surface area contributed by atoms with E-state index in [0.29, 0.717) is 5.56 Å². The smallest absolute Gasteiger partial charge is 0.253 e. The molecule has 1 aliphatic heterocycles. The minimum Gasteiger partial charge on any atom is -0.321 e. The SMILES string of the molecule is CCC(C)(C)n1nnnc1[C@@H](c1cc2cccc(C)c2[nH]c1=O)N1CCN(Cc2ccccc2)CC1. The van der Waals surface area contributed by atoms with E-state index in [4.69, 9.17) is 0 Å². The van der Waals surface area contributed by atoms with Crippen LogP contribution in [0, 0.1) is 6.92 Å². The third kappa shape index (κ3) is 4.70. The second kappa shape index (κ2) is 9.95. The van der Waals surface area contributed by atoms with Crippen molar-refractivity contribution < 1.29 is 0 Å². The number of tetrazole rings is 1. The summed E-state index contributed by atoms with van der Waals surface area (Å²) in [6.45, 7) is 12.8. The summed E-state index contributed by atoms with van der Waals surface area (Å²) in [5, 5.41) is 14.0. The number of aromatic amines is 1. The standard InChI is InChI=1S/C28H35N7O/c1-5-28(3,4)35-26(30-31-32-35)25(23-18-22-13-9-10-20(2)24(22)29-27(23)36)34-16-14-33(15-17-34)19-21-11-7-6-8-12-21/h6-13,18,25H,5,14-17,19H2,1-4H3,(H,29,36)/t25-/m1/s1. The minimum absolute atomic E-state index is 0.0858. The van der Waals surface area contributed by atoms with Gasteiger partial charge in [0.2, 0.25) is 0 Å². The lowest BCUT2D eigenvalue weighted by atomic mass is 9.98. The van der Waals surface area contributed by atoms with Gasteiger partial charge in [0, 0.05) is 38.3 Å². The van der Waals surface area contributed by atoms with Crippen molar-refractivity contribution in [3.63, 3.8) is 0 Å². The molecule has 1 N–H and O–H groups in total. The second-order valence-electron chi connectivity index (χ2n) is 10.4. The molecule has 36 heavy (non-hydrogen) atoms. The molecule has 0 unspecified atom stereocenters. The van der Waals surface area contributed by atoms with Gasteiger partial charge in [0.05, 0.1) is 11.1 Å². The molecular weight excluding hydrogens is 450 g/mol. The van der Waals surface area contributed by atoms with Gasteiger partial charge in [-0.2, -0.15) is 0 Å². The fraction of sp³-hybridized carbons (Fsp3) is 0.429. The van der Waals surface area contributed by atoms with Gasteiger partial charge in [-0.25, -0.2) is 4.68 Å². The highest BCUT2D eigenvalue weighted by atomic mass is 16.1. The summed E-state index contributed by atoms with van der Waals surface area (Å²) < 4.78 is 1.91. The zero-order valence-corrected chi connectivity index (χ0v) is 21.6. The van der Waals surface area contributed by atoms with Gasteiger partial charge in [0.25, 0.3) is 5.56 Å². The summed E-state index contributed by atoms with van der Waals surface area (Å²) in [5.74, 6) is 0.718. The molecule has 1 fully saturated rings. The molecule has 5 rings (SSSR count). The van der Waals surface area contributed by atoms with Gasteiger partial charge in [0.15, 0.2) is 5.82 Å². The number of aromatic nitrogens is 5. The van der Waals surface area contributed by atoms with E-state index >= 15 is 0 Å². The molecule has 1 aliphatic rings. The molecule has 0 aliphatic carbocycles. The number of fused-ring (bicyclic) bond motifs is 1. The molecule has 2 aromatic heterocycles. The summed E-state index contributed by atoms with van der Waals surface area (Å²) in [6, 6.07) is 18.4. The first-order valence-electron chi connectivity index (χ1n) is 12.8. The van der Waals surface area contributed by atoms with Crippen LogP contribution in [0.25, 0.3) is 10.9 Å². The Kier molecular flexibility index (Phi) is 6.73. The van der Waals surface area contributed by atoms with Crippen LogP contribution in [0.3, 0.4) is 0 Å².